The van der Waals surface area contributed by atoms with Gasteiger partial charge in [0.25, 0.3) is 5.91 Å². The van der Waals surface area contributed by atoms with Gasteiger partial charge < -0.3 is 10.4 Å². The first-order valence-corrected chi connectivity index (χ1v) is 5.82. The van der Waals surface area contributed by atoms with E-state index in [9.17, 15) is 14.0 Å². The quantitative estimate of drug-likeness (QED) is 0.912. The number of nitrogens with one attached hydrogen (secondary N) is 1. The molecule has 0 saturated carbocycles. The van der Waals surface area contributed by atoms with Gasteiger partial charge in [0, 0.05) is 6.20 Å². The molecule has 0 atom stereocenters. The van der Waals surface area contributed by atoms with E-state index in [2.05, 4.69) is 10.3 Å². The van der Waals surface area contributed by atoms with Crippen LogP contribution in [0.2, 0.25) is 5.02 Å². The first kappa shape index (κ1) is 14.0. The summed E-state index contributed by atoms with van der Waals surface area (Å²) >= 11 is 5.58. The molecule has 20 heavy (non-hydrogen) atoms. The van der Waals surface area contributed by atoms with Crippen LogP contribution < -0.4 is 5.32 Å². The molecule has 5 nitrogen and oxygen atoms in total. The zero-order valence-electron chi connectivity index (χ0n) is 9.93. The zero-order chi connectivity index (χ0) is 14.7. The third-order valence-corrected chi connectivity index (χ3v) is 2.75. The number of carbonyl (C=O) groups is 2. The SMILES string of the molecule is O=C(Nc1cccnc1C(=O)O)c1cccc(Cl)c1F. The fraction of sp³-hybridized carbons (Fsp3) is 0. The number of carbonyl (C=O) groups excluding carboxylic acids is 1. The Balaban J connectivity index is 2.33. The highest BCUT2D eigenvalue weighted by Crippen LogP contribution is 2.20. The van der Waals surface area contributed by atoms with Crippen molar-refractivity contribution in [3.05, 3.63) is 58.6 Å². The summed E-state index contributed by atoms with van der Waals surface area (Å²) in [7, 11) is 0. The predicted molar refractivity (Wildman–Crippen MR) is 70.6 cm³/mol. The van der Waals surface area contributed by atoms with Gasteiger partial charge in [-0.05, 0) is 24.3 Å². The smallest absolute Gasteiger partial charge is 0.356 e. The van der Waals surface area contributed by atoms with E-state index in [1.54, 1.807) is 0 Å². The van der Waals surface area contributed by atoms with Gasteiger partial charge in [-0.3, -0.25) is 4.79 Å². The number of pyridine rings is 1. The van der Waals surface area contributed by atoms with Crippen LogP contribution in [0.1, 0.15) is 20.8 Å². The van der Waals surface area contributed by atoms with E-state index >= 15 is 0 Å². The topological polar surface area (TPSA) is 79.3 Å². The van der Waals surface area contributed by atoms with Crippen LogP contribution in [-0.2, 0) is 0 Å². The van der Waals surface area contributed by atoms with Crippen molar-refractivity contribution >= 4 is 29.2 Å². The summed E-state index contributed by atoms with van der Waals surface area (Å²) in [5, 5.41) is 11.0. The number of nitrogens with zero attached hydrogens (tertiary/aromatic N) is 1. The molecule has 1 aromatic heterocycles. The third-order valence-electron chi connectivity index (χ3n) is 2.45. The fourth-order valence-electron chi connectivity index (χ4n) is 1.55. The molecule has 0 spiro atoms. The number of carboxylic acids is 1. The molecule has 0 bridgehead atoms. The molecule has 2 N–H and O–H groups in total. The lowest BCUT2D eigenvalue weighted by Gasteiger charge is -2.08. The van der Waals surface area contributed by atoms with Crippen LogP contribution in [0.4, 0.5) is 10.1 Å². The number of aromatic carboxylic acids is 1. The number of hydrogen-bond acceptors (Lipinski definition) is 3. The van der Waals surface area contributed by atoms with Gasteiger partial charge in [0.2, 0.25) is 0 Å². The molecule has 0 radical (unpaired) electrons. The number of hydrogen-bond donors (Lipinski definition) is 2. The number of halogens is 2. The van der Waals surface area contributed by atoms with Gasteiger partial charge in [-0.1, -0.05) is 17.7 Å². The van der Waals surface area contributed by atoms with Gasteiger partial charge in [-0.15, -0.1) is 0 Å². The van der Waals surface area contributed by atoms with E-state index in [1.807, 2.05) is 0 Å². The number of amides is 1. The highest BCUT2D eigenvalue weighted by molar-refractivity contribution is 6.31. The molecule has 102 valence electrons. The minimum absolute atomic E-state index is 0.0237. The minimum Gasteiger partial charge on any atom is -0.476 e. The summed E-state index contributed by atoms with van der Waals surface area (Å²) in [5.41, 5.74) is -0.634. The average Bonchev–Trinajstić information content (AvgIpc) is 2.42. The van der Waals surface area contributed by atoms with Crippen LogP contribution in [0.25, 0.3) is 0 Å². The van der Waals surface area contributed by atoms with Crippen LogP contribution in [0.15, 0.2) is 36.5 Å². The number of rotatable bonds is 3. The summed E-state index contributed by atoms with van der Waals surface area (Å²) in [6.07, 6.45) is 1.28. The van der Waals surface area contributed by atoms with Crippen molar-refractivity contribution in [1.29, 1.82) is 0 Å². The van der Waals surface area contributed by atoms with Crippen molar-refractivity contribution in [2.75, 3.05) is 5.32 Å². The molecule has 0 aliphatic carbocycles. The molecule has 2 rings (SSSR count). The lowest BCUT2D eigenvalue weighted by atomic mass is 10.2. The zero-order valence-corrected chi connectivity index (χ0v) is 10.7. The molecule has 0 unspecified atom stereocenters. The maximum absolute atomic E-state index is 13.7. The fourth-order valence-corrected chi connectivity index (χ4v) is 1.72. The molecule has 1 aromatic carbocycles. The largest absolute Gasteiger partial charge is 0.476 e. The van der Waals surface area contributed by atoms with Crippen LogP contribution >= 0.6 is 11.6 Å². The first-order valence-electron chi connectivity index (χ1n) is 5.44. The van der Waals surface area contributed by atoms with Crippen LogP contribution in [0, 0.1) is 5.82 Å². The number of anilines is 1. The normalized spacial score (nSPS) is 10.1. The Labute approximate surface area is 118 Å². The van der Waals surface area contributed by atoms with Gasteiger partial charge in [0.05, 0.1) is 16.3 Å². The van der Waals surface area contributed by atoms with Crippen LogP contribution in [0.3, 0.4) is 0 Å². The van der Waals surface area contributed by atoms with E-state index in [0.29, 0.717) is 0 Å². The van der Waals surface area contributed by atoms with E-state index < -0.39 is 17.7 Å². The maximum Gasteiger partial charge on any atom is 0.356 e. The maximum atomic E-state index is 13.7. The summed E-state index contributed by atoms with van der Waals surface area (Å²) in [5.74, 6) is -2.97. The molecule has 7 heteroatoms. The second kappa shape index (κ2) is 5.66. The van der Waals surface area contributed by atoms with Gasteiger partial charge in [-0.2, -0.15) is 0 Å². The number of benzene rings is 1. The Bertz CT molecular complexity index is 691. The van der Waals surface area contributed by atoms with Gasteiger partial charge >= 0.3 is 5.97 Å². The third kappa shape index (κ3) is 2.75. The van der Waals surface area contributed by atoms with Gasteiger partial charge in [0.1, 0.15) is 0 Å². The van der Waals surface area contributed by atoms with E-state index in [4.69, 9.17) is 16.7 Å². The highest BCUT2D eigenvalue weighted by atomic mass is 35.5. The Kier molecular flexibility index (Phi) is 3.95. The van der Waals surface area contributed by atoms with Crippen LogP contribution in [0.5, 0.6) is 0 Å². The monoisotopic (exact) mass is 294 g/mol. The van der Waals surface area contributed by atoms with E-state index in [1.165, 1.54) is 36.5 Å². The van der Waals surface area contributed by atoms with E-state index in [-0.39, 0.29) is 22.0 Å². The molecule has 0 aliphatic heterocycles. The minimum atomic E-state index is -1.30. The molecular weight excluding hydrogens is 287 g/mol. The molecule has 0 saturated heterocycles. The molecule has 2 aromatic rings. The molecular formula is C13H8ClFN2O3. The lowest BCUT2D eigenvalue weighted by Crippen LogP contribution is -2.17. The second-order valence-corrected chi connectivity index (χ2v) is 4.17. The highest BCUT2D eigenvalue weighted by Gasteiger charge is 2.17. The Morgan fingerprint density at radius 3 is 2.70 bits per heavy atom. The van der Waals surface area contributed by atoms with Crippen molar-refractivity contribution in [2.24, 2.45) is 0 Å². The predicted octanol–water partition coefficient (Wildman–Crippen LogP) is 2.82. The van der Waals surface area contributed by atoms with Crippen LogP contribution in [-0.4, -0.2) is 22.0 Å². The molecule has 0 fully saturated rings. The summed E-state index contributed by atoms with van der Waals surface area (Å²) in [6.45, 7) is 0. The Morgan fingerprint density at radius 1 is 1.25 bits per heavy atom. The summed E-state index contributed by atoms with van der Waals surface area (Å²) < 4.78 is 13.7. The summed E-state index contributed by atoms with van der Waals surface area (Å²) in [4.78, 5) is 26.5. The van der Waals surface area contributed by atoms with Crippen molar-refractivity contribution in [3.63, 3.8) is 0 Å². The molecule has 1 amide bonds. The van der Waals surface area contributed by atoms with Crippen molar-refractivity contribution in [2.45, 2.75) is 0 Å². The average molecular weight is 295 g/mol. The van der Waals surface area contributed by atoms with Gasteiger partial charge in [-0.25, -0.2) is 14.2 Å². The number of carboxylic acid groups (broad SMARTS) is 1. The lowest BCUT2D eigenvalue weighted by molar-refractivity contribution is 0.0692. The molecule has 0 aliphatic rings. The first-order chi connectivity index (χ1) is 9.50. The molecule has 1 heterocycles. The van der Waals surface area contributed by atoms with Crippen molar-refractivity contribution in [1.82, 2.24) is 4.98 Å². The number of aromatic nitrogens is 1. The summed E-state index contributed by atoms with van der Waals surface area (Å²) in [6, 6.07) is 6.78. The van der Waals surface area contributed by atoms with E-state index in [0.717, 1.165) is 0 Å². The van der Waals surface area contributed by atoms with Gasteiger partial charge in [0.15, 0.2) is 11.5 Å². The standard InChI is InChI=1S/C13H8ClFN2O3/c14-8-4-1-3-7(10(8)15)12(18)17-9-5-2-6-16-11(9)13(19)20/h1-6H,(H,17,18)(H,19,20). The second-order valence-electron chi connectivity index (χ2n) is 3.76. The van der Waals surface area contributed by atoms with Crippen molar-refractivity contribution in [3.8, 4) is 0 Å². The Hall–Kier alpha value is -2.47. The Morgan fingerprint density at radius 2 is 2.00 bits per heavy atom. The van der Waals surface area contributed by atoms with Crippen molar-refractivity contribution < 1.29 is 19.1 Å².